The Hall–Kier alpha value is -3.26. The van der Waals surface area contributed by atoms with Crippen molar-refractivity contribution in [1.29, 1.82) is 0 Å². The average molecular weight is 486 g/mol. The van der Waals surface area contributed by atoms with Gasteiger partial charge in [-0.1, -0.05) is 23.7 Å². The molecule has 8 nitrogen and oxygen atoms in total. The Bertz CT molecular complexity index is 1320. The number of ether oxygens (including phenoxy) is 2. The van der Waals surface area contributed by atoms with E-state index in [1.165, 1.54) is 7.11 Å². The second-order valence-electron chi connectivity index (χ2n) is 9.28. The van der Waals surface area contributed by atoms with Crippen molar-refractivity contribution in [1.82, 2.24) is 9.13 Å². The number of imidazole rings is 1. The lowest BCUT2D eigenvalue weighted by Gasteiger charge is -2.25. The quantitative estimate of drug-likeness (QED) is 0.501. The molecule has 0 aliphatic carbocycles. The van der Waals surface area contributed by atoms with Crippen LogP contribution in [-0.4, -0.2) is 40.5 Å². The first-order chi connectivity index (χ1) is 16.1. The van der Waals surface area contributed by atoms with E-state index in [0.29, 0.717) is 23.7 Å². The number of esters is 1. The molecule has 9 heteroatoms. The van der Waals surface area contributed by atoms with Crippen molar-refractivity contribution in [2.75, 3.05) is 18.6 Å². The summed E-state index contributed by atoms with van der Waals surface area (Å²) >= 11 is 6.44. The Labute approximate surface area is 202 Å². The van der Waals surface area contributed by atoms with Gasteiger partial charge in [0, 0.05) is 18.1 Å². The van der Waals surface area contributed by atoms with E-state index < -0.39 is 11.7 Å². The second-order valence-corrected chi connectivity index (χ2v) is 9.72. The molecule has 0 saturated heterocycles. The van der Waals surface area contributed by atoms with E-state index in [-0.39, 0.29) is 31.2 Å². The summed E-state index contributed by atoms with van der Waals surface area (Å²) < 4.78 is 13.6. The zero-order valence-corrected chi connectivity index (χ0v) is 20.5. The molecular weight excluding hydrogens is 458 g/mol. The van der Waals surface area contributed by atoms with Gasteiger partial charge in [-0.2, -0.15) is 0 Å². The summed E-state index contributed by atoms with van der Waals surface area (Å²) in [5.74, 6) is -0.376. The largest absolute Gasteiger partial charge is 0.469 e. The molecule has 0 radical (unpaired) electrons. The predicted octanol–water partition coefficient (Wildman–Crippen LogP) is 4.37. The smallest absolute Gasteiger partial charge is 0.414 e. The van der Waals surface area contributed by atoms with Crippen molar-refractivity contribution in [2.24, 2.45) is 0 Å². The third-order valence-corrected chi connectivity index (χ3v) is 6.01. The molecule has 0 unspecified atom stereocenters. The van der Waals surface area contributed by atoms with E-state index >= 15 is 0 Å². The summed E-state index contributed by atoms with van der Waals surface area (Å²) in [6, 6.07) is 11.1. The zero-order chi connectivity index (χ0) is 24.6. The maximum Gasteiger partial charge on any atom is 0.414 e. The monoisotopic (exact) mass is 485 g/mol. The number of aromatic nitrogens is 2. The maximum atomic E-state index is 13.4. The van der Waals surface area contributed by atoms with Crippen LogP contribution in [0.15, 0.2) is 41.2 Å². The molecule has 2 aromatic carbocycles. The van der Waals surface area contributed by atoms with Gasteiger partial charge >= 0.3 is 17.8 Å². The van der Waals surface area contributed by atoms with E-state index in [9.17, 15) is 14.4 Å². The van der Waals surface area contributed by atoms with Crippen LogP contribution in [0.5, 0.6) is 0 Å². The molecule has 0 bridgehead atoms. The van der Waals surface area contributed by atoms with E-state index in [1.54, 1.807) is 20.1 Å². The Morgan fingerprint density at radius 2 is 1.76 bits per heavy atom. The number of methoxy groups -OCH3 is 1. The van der Waals surface area contributed by atoms with Crippen LogP contribution in [0.1, 0.15) is 38.3 Å². The van der Waals surface area contributed by atoms with Gasteiger partial charge in [-0.05, 0) is 62.6 Å². The molecular formula is C25H28ClN3O5. The molecule has 34 heavy (non-hydrogen) atoms. The lowest BCUT2D eigenvalue weighted by atomic mass is 10.0. The Balaban J connectivity index is 1.72. The number of carbonyl (C=O) groups excluding carboxylic acids is 2. The summed E-state index contributed by atoms with van der Waals surface area (Å²) in [7, 11) is 1.33. The van der Waals surface area contributed by atoms with E-state index in [4.69, 9.17) is 21.1 Å². The van der Waals surface area contributed by atoms with Crippen LogP contribution in [0.25, 0.3) is 11.0 Å². The fraction of sp³-hybridized carbons (Fsp3) is 0.400. The number of fused-ring (bicyclic) bond motifs is 2. The Morgan fingerprint density at radius 3 is 2.41 bits per heavy atom. The number of halogens is 1. The molecule has 3 aromatic rings. The van der Waals surface area contributed by atoms with Gasteiger partial charge in [-0.15, -0.1) is 0 Å². The van der Waals surface area contributed by atoms with E-state index in [1.807, 2.05) is 51.1 Å². The molecule has 1 aromatic heterocycles. The highest BCUT2D eigenvalue weighted by molar-refractivity contribution is 6.31. The molecule has 180 valence electrons. The summed E-state index contributed by atoms with van der Waals surface area (Å²) in [6.45, 7) is 6.47. The van der Waals surface area contributed by atoms with Crippen LogP contribution in [0.4, 0.5) is 10.5 Å². The number of amides is 1. The van der Waals surface area contributed by atoms with Crippen LogP contribution >= 0.6 is 11.6 Å². The van der Waals surface area contributed by atoms with E-state index in [2.05, 4.69) is 0 Å². The minimum absolute atomic E-state index is 0.0990. The van der Waals surface area contributed by atoms with Crippen LogP contribution in [0.2, 0.25) is 5.02 Å². The SMILES string of the molecule is COC(=O)CCn1c(=O)n(Cc2cc(Cl)cc3c2CCN3C(=O)OC(C)(C)C)c2ccccc21. The first-order valence-corrected chi connectivity index (χ1v) is 11.5. The average Bonchev–Trinajstić information content (AvgIpc) is 3.30. The van der Waals surface area contributed by atoms with Gasteiger partial charge in [0.15, 0.2) is 0 Å². The number of hydrogen-bond acceptors (Lipinski definition) is 5. The standard InChI is InChI=1S/C25H28ClN3O5/c1-25(2,3)34-24(32)28-11-9-18-16(13-17(26)14-21(18)28)15-29-20-8-6-5-7-19(20)27(23(29)31)12-10-22(30)33-4/h5-8,13-14H,9-12,15H2,1-4H3. The molecule has 4 rings (SSSR count). The number of aryl methyl sites for hydroxylation is 1. The lowest BCUT2D eigenvalue weighted by molar-refractivity contribution is -0.140. The highest BCUT2D eigenvalue weighted by atomic mass is 35.5. The summed E-state index contributed by atoms with van der Waals surface area (Å²) in [5, 5.41) is 0.478. The van der Waals surface area contributed by atoms with Crippen molar-refractivity contribution in [3.8, 4) is 0 Å². The molecule has 1 amide bonds. The normalized spacial score (nSPS) is 13.3. The highest BCUT2D eigenvalue weighted by Gasteiger charge is 2.31. The fourth-order valence-corrected chi connectivity index (χ4v) is 4.55. The Morgan fingerprint density at radius 1 is 1.09 bits per heavy atom. The minimum atomic E-state index is -0.611. The summed E-state index contributed by atoms with van der Waals surface area (Å²) in [6.07, 6.45) is 0.314. The lowest BCUT2D eigenvalue weighted by Crippen LogP contribution is -2.35. The molecule has 0 spiro atoms. The first-order valence-electron chi connectivity index (χ1n) is 11.2. The van der Waals surface area contributed by atoms with Gasteiger partial charge in [0.05, 0.1) is 36.8 Å². The molecule has 1 aliphatic heterocycles. The van der Waals surface area contributed by atoms with Crippen molar-refractivity contribution in [3.05, 3.63) is 63.0 Å². The van der Waals surface area contributed by atoms with Crippen LogP contribution < -0.4 is 10.6 Å². The molecule has 0 atom stereocenters. The number of anilines is 1. The predicted molar refractivity (Wildman–Crippen MR) is 131 cm³/mol. The third kappa shape index (κ3) is 4.68. The maximum absolute atomic E-state index is 13.4. The molecule has 0 N–H and O–H groups in total. The van der Waals surface area contributed by atoms with Crippen molar-refractivity contribution >= 4 is 40.4 Å². The van der Waals surface area contributed by atoms with Gasteiger partial charge in [-0.3, -0.25) is 18.8 Å². The van der Waals surface area contributed by atoms with Gasteiger partial charge in [0.25, 0.3) is 0 Å². The second kappa shape index (κ2) is 9.18. The third-order valence-electron chi connectivity index (χ3n) is 5.79. The number of nitrogens with zero attached hydrogens (tertiary/aromatic N) is 3. The van der Waals surface area contributed by atoms with E-state index in [0.717, 1.165) is 22.2 Å². The molecule has 2 heterocycles. The van der Waals surface area contributed by atoms with Gasteiger partial charge in [0.2, 0.25) is 0 Å². The van der Waals surface area contributed by atoms with Gasteiger partial charge < -0.3 is 9.47 Å². The van der Waals surface area contributed by atoms with Crippen LogP contribution in [-0.2, 0) is 33.8 Å². The van der Waals surface area contributed by atoms with Crippen LogP contribution in [0.3, 0.4) is 0 Å². The fourth-order valence-electron chi connectivity index (χ4n) is 4.32. The number of hydrogen-bond donors (Lipinski definition) is 0. The van der Waals surface area contributed by atoms with Gasteiger partial charge in [-0.25, -0.2) is 9.59 Å². The summed E-state index contributed by atoms with van der Waals surface area (Å²) in [4.78, 5) is 39.4. The number of rotatable bonds is 5. The zero-order valence-electron chi connectivity index (χ0n) is 19.8. The highest BCUT2D eigenvalue weighted by Crippen LogP contribution is 2.35. The van der Waals surface area contributed by atoms with Gasteiger partial charge in [0.1, 0.15) is 5.60 Å². The number of benzene rings is 2. The number of para-hydroxylation sites is 2. The van der Waals surface area contributed by atoms with Crippen LogP contribution in [0, 0.1) is 0 Å². The van der Waals surface area contributed by atoms with Crippen molar-refractivity contribution in [3.63, 3.8) is 0 Å². The number of carbonyl (C=O) groups is 2. The molecule has 0 saturated carbocycles. The first kappa shape index (κ1) is 23.9. The molecule has 0 fully saturated rings. The van der Waals surface area contributed by atoms with Crippen molar-refractivity contribution < 1.29 is 19.1 Å². The molecule has 1 aliphatic rings. The topological polar surface area (TPSA) is 82.8 Å². The minimum Gasteiger partial charge on any atom is -0.469 e. The Kier molecular flexibility index (Phi) is 6.45. The van der Waals surface area contributed by atoms with Crippen molar-refractivity contribution in [2.45, 2.75) is 52.3 Å². The summed E-state index contributed by atoms with van der Waals surface area (Å²) in [5.41, 5.74) is 3.21.